The molecule has 0 bridgehead atoms. The van der Waals surface area contributed by atoms with E-state index in [1.165, 1.54) is 16.7 Å². The Morgan fingerprint density at radius 2 is 1.80 bits per heavy atom. The highest BCUT2D eigenvalue weighted by Crippen LogP contribution is 2.19. The van der Waals surface area contributed by atoms with E-state index in [4.69, 9.17) is 0 Å². The molecule has 0 saturated carbocycles. The lowest BCUT2D eigenvalue weighted by Crippen LogP contribution is -2.21. The van der Waals surface area contributed by atoms with Gasteiger partial charge in [-0.05, 0) is 58.5 Å². The Hall–Kier alpha value is -1.35. The minimum atomic E-state index is 0.972. The van der Waals surface area contributed by atoms with Crippen molar-refractivity contribution in [2.45, 2.75) is 26.7 Å². The zero-order chi connectivity index (χ0) is 14.5. The van der Waals surface area contributed by atoms with Gasteiger partial charge in [-0.1, -0.05) is 31.2 Å². The summed E-state index contributed by atoms with van der Waals surface area (Å²) in [6, 6.07) is 11.0. The van der Waals surface area contributed by atoms with E-state index >= 15 is 0 Å². The molecule has 0 saturated heterocycles. The fourth-order valence-corrected chi connectivity index (χ4v) is 2.30. The summed E-state index contributed by atoms with van der Waals surface area (Å²) in [6.07, 6.45) is 4.01. The van der Waals surface area contributed by atoms with Gasteiger partial charge in [0, 0.05) is 24.3 Å². The summed E-state index contributed by atoms with van der Waals surface area (Å²) in [7, 11) is 2.09. The Kier molecular flexibility index (Phi) is 5.18. The van der Waals surface area contributed by atoms with Crippen molar-refractivity contribution in [1.82, 2.24) is 4.98 Å². The molecule has 0 amide bonds. The molecule has 0 aliphatic carbocycles. The van der Waals surface area contributed by atoms with Crippen LogP contribution in [0.25, 0.3) is 0 Å². The predicted octanol–water partition coefficient (Wildman–Crippen LogP) is 4.39. The first kappa shape index (κ1) is 15.0. The Morgan fingerprint density at radius 3 is 2.40 bits per heavy atom. The molecule has 0 unspecified atom stereocenters. The van der Waals surface area contributed by atoms with Gasteiger partial charge >= 0.3 is 0 Å². The van der Waals surface area contributed by atoms with E-state index in [1.54, 1.807) is 0 Å². The summed E-state index contributed by atoms with van der Waals surface area (Å²) in [5.41, 5.74) is 3.99. The van der Waals surface area contributed by atoms with Crippen LogP contribution in [0.2, 0.25) is 0 Å². The Balaban J connectivity index is 1.96. The summed E-state index contributed by atoms with van der Waals surface area (Å²) < 4.78 is 1.06. The van der Waals surface area contributed by atoms with Crippen LogP contribution in [0.1, 0.15) is 23.6 Å². The van der Waals surface area contributed by atoms with Gasteiger partial charge in [0.2, 0.25) is 0 Å². The van der Waals surface area contributed by atoms with E-state index in [-0.39, 0.29) is 0 Å². The topological polar surface area (TPSA) is 16.1 Å². The molecule has 0 radical (unpaired) electrons. The number of nitrogens with zero attached hydrogens (tertiary/aromatic N) is 2. The number of aryl methyl sites for hydroxylation is 2. The van der Waals surface area contributed by atoms with Crippen molar-refractivity contribution >= 4 is 21.7 Å². The first-order valence-corrected chi connectivity index (χ1v) is 7.80. The molecule has 0 atom stereocenters. The van der Waals surface area contributed by atoms with E-state index in [2.05, 4.69) is 77.0 Å². The number of aromatic nitrogens is 1. The summed E-state index contributed by atoms with van der Waals surface area (Å²) in [5.74, 6) is 1.02. The van der Waals surface area contributed by atoms with Gasteiger partial charge in [0.25, 0.3) is 0 Å². The Bertz CT molecular complexity index is 564. The van der Waals surface area contributed by atoms with Gasteiger partial charge in [-0.2, -0.15) is 0 Å². The molecule has 1 aromatic heterocycles. The van der Waals surface area contributed by atoms with Gasteiger partial charge in [-0.15, -0.1) is 0 Å². The molecular weight excluding hydrogens is 312 g/mol. The molecule has 1 aromatic carbocycles. The SMILES string of the molecule is CCc1ccc(CCN(C)c2cc(C)c(Br)cn2)cc1. The lowest BCUT2D eigenvalue weighted by Gasteiger charge is -2.19. The maximum atomic E-state index is 4.46. The largest absolute Gasteiger partial charge is 0.359 e. The molecular formula is C17H21BrN2. The third-order valence-corrected chi connectivity index (χ3v) is 4.42. The minimum absolute atomic E-state index is 0.972. The molecule has 1 heterocycles. The highest BCUT2D eigenvalue weighted by molar-refractivity contribution is 9.10. The molecule has 3 heteroatoms. The zero-order valence-electron chi connectivity index (χ0n) is 12.4. The highest BCUT2D eigenvalue weighted by Gasteiger charge is 2.05. The minimum Gasteiger partial charge on any atom is -0.359 e. The zero-order valence-corrected chi connectivity index (χ0v) is 13.9. The van der Waals surface area contributed by atoms with Crippen LogP contribution < -0.4 is 4.90 Å². The van der Waals surface area contributed by atoms with Crippen LogP contribution in [-0.2, 0) is 12.8 Å². The van der Waals surface area contributed by atoms with Gasteiger partial charge in [-0.25, -0.2) is 4.98 Å². The molecule has 0 spiro atoms. The van der Waals surface area contributed by atoms with Gasteiger partial charge in [0.1, 0.15) is 5.82 Å². The summed E-state index contributed by atoms with van der Waals surface area (Å²) in [4.78, 5) is 6.66. The lowest BCUT2D eigenvalue weighted by atomic mass is 10.1. The normalized spacial score (nSPS) is 10.6. The Morgan fingerprint density at radius 1 is 1.15 bits per heavy atom. The monoisotopic (exact) mass is 332 g/mol. The second-order valence-electron chi connectivity index (χ2n) is 5.13. The number of pyridine rings is 1. The molecule has 2 nitrogen and oxygen atoms in total. The van der Waals surface area contributed by atoms with Gasteiger partial charge < -0.3 is 4.90 Å². The van der Waals surface area contributed by atoms with Gasteiger partial charge in [0.05, 0.1) is 0 Å². The van der Waals surface area contributed by atoms with Crippen LogP contribution in [0.3, 0.4) is 0 Å². The number of hydrogen-bond donors (Lipinski definition) is 0. The van der Waals surface area contributed by atoms with E-state index in [0.29, 0.717) is 0 Å². The van der Waals surface area contributed by atoms with Crippen LogP contribution in [-0.4, -0.2) is 18.6 Å². The number of rotatable bonds is 5. The number of likely N-dealkylation sites (N-methyl/N-ethyl adjacent to an activating group) is 1. The van der Waals surface area contributed by atoms with Crippen LogP contribution in [0.5, 0.6) is 0 Å². The number of anilines is 1. The van der Waals surface area contributed by atoms with Crippen molar-refractivity contribution in [1.29, 1.82) is 0 Å². The maximum absolute atomic E-state index is 4.46. The predicted molar refractivity (Wildman–Crippen MR) is 89.5 cm³/mol. The molecule has 106 valence electrons. The van der Waals surface area contributed by atoms with Crippen LogP contribution >= 0.6 is 15.9 Å². The summed E-state index contributed by atoms with van der Waals surface area (Å²) in [6.45, 7) is 5.25. The fraction of sp³-hybridized carbons (Fsp3) is 0.353. The molecule has 2 aromatic rings. The highest BCUT2D eigenvalue weighted by atomic mass is 79.9. The second kappa shape index (κ2) is 6.89. The van der Waals surface area contributed by atoms with Crippen LogP contribution in [0.15, 0.2) is 41.0 Å². The van der Waals surface area contributed by atoms with E-state index in [1.807, 2.05) is 6.20 Å². The van der Waals surface area contributed by atoms with Crippen molar-refractivity contribution in [3.8, 4) is 0 Å². The second-order valence-corrected chi connectivity index (χ2v) is 5.99. The van der Waals surface area contributed by atoms with Gasteiger partial charge in [-0.3, -0.25) is 0 Å². The fourth-order valence-electron chi connectivity index (χ4n) is 2.09. The van der Waals surface area contributed by atoms with Crippen molar-refractivity contribution in [2.24, 2.45) is 0 Å². The third-order valence-electron chi connectivity index (χ3n) is 3.59. The first-order chi connectivity index (χ1) is 9.60. The molecule has 20 heavy (non-hydrogen) atoms. The van der Waals surface area contributed by atoms with Crippen molar-refractivity contribution in [3.63, 3.8) is 0 Å². The standard InChI is InChI=1S/C17H21BrN2/c1-4-14-5-7-15(8-6-14)9-10-20(3)17-11-13(2)16(18)12-19-17/h5-8,11-12H,4,9-10H2,1-3H3. The number of benzene rings is 1. The third kappa shape index (κ3) is 3.83. The summed E-state index contributed by atoms with van der Waals surface area (Å²) >= 11 is 3.49. The average molecular weight is 333 g/mol. The van der Waals surface area contributed by atoms with Crippen LogP contribution in [0, 0.1) is 6.92 Å². The van der Waals surface area contributed by atoms with Crippen LogP contribution in [0.4, 0.5) is 5.82 Å². The number of halogens is 1. The number of hydrogen-bond acceptors (Lipinski definition) is 2. The first-order valence-electron chi connectivity index (χ1n) is 7.01. The maximum Gasteiger partial charge on any atom is 0.128 e. The van der Waals surface area contributed by atoms with Gasteiger partial charge in [0.15, 0.2) is 0 Å². The molecule has 0 N–H and O–H groups in total. The van der Waals surface area contributed by atoms with E-state index < -0.39 is 0 Å². The van der Waals surface area contributed by atoms with Crippen molar-refractivity contribution in [2.75, 3.05) is 18.5 Å². The molecule has 0 aliphatic heterocycles. The smallest absolute Gasteiger partial charge is 0.128 e. The molecule has 2 rings (SSSR count). The quantitative estimate of drug-likeness (QED) is 0.806. The average Bonchev–Trinajstić information content (AvgIpc) is 2.48. The van der Waals surface area contributed by atoms with E-state index in [9.17, 15) is 0 Å². The van der Waals surface area contributed by atoms with Crippen molar-refractivity contribution in [3.05, 3.63) is 57.7 Å². The molecule has 0 aliphatic rings. The Labute approximate surface area is 130 Å². The van der Waals surface area contributed by atoms with Crippen molar-refractivity contribution < 1.29 is 0 Å². The van der Waals surface area contributed by atoms with E-state index in [0.717, 1.165) is 29.7 Å². The summed E-state index contributed by atoms with van der Waals surface area (Å²) in [5, 5.41) is 0. The molecule has 0 fully saturated rings. The lowest BCUT2D eigenvalue weighted by molar-refractivity contribution is 0.857.